The van der Waals surface area contributed by atoms with Crippen LogP contribution in [-0.2, 0) is 4.79 Å². The van der Waals surface area contributed by atoms with Crippen LogP contribution in [0.2, 0.25) is 14.3 Å². The summed E-state index contributed by atoms with van der Waals surface area (Å²) in [6.45, 7) is 0. The standard InChI is InChI=1S/C3H5O.2CH3.Sn.H/c1-2-3-4;;;;/h3H,1-2H2;2*1H3;;. The zero-order valence-corrected chi connectivity index (χ0v) is 8.27. The van der Waals surface area contributed by atoms with Gasteiger partial charge in [-0.05, 0) is 0 Å². The van der Waals surface area contributed by atoms with Crippen LogP contribution >= 0.6 is 0 Å². The van der Waals surface area contributed by atoms with Crippen molar-refractivity contribution in [3.05, 3.63) is 0 Å². The van der Waals surface area contributed by atoms with E-state index in [1.165, 1.54) is 4.44 Å². The third-order valence-electron chi connectivity index (χ3n) is 0.862. The van der Waals surface area contributed by atoms with Crippen LogP contribution in [0.15, 0.2) is 0 Å². The van der Waals surface area contributed by atoms with Crippen LogP contribution in [0.25, 0.3) is 0 Å². The van der Waals surface area contributed by atoms with Gasteiger partial charge in [0.1, 0.15) is 0 Å². The van der Waals surface area contributed by atoms with Crippen LogP contribution in [0, 0.1) is 0 Å². The molecule has 0 amide bonds. The minimum atomic E-state index is -0.978. The monoisotopic (exact) mass is 208 g/mol. The fraction of sp³-hybridized carbons (Fsp3) is 0.800. The van der Waals surface area contributed by atoms with Gasteiger partial charge in [-0.2, -0.15) is 0 Å². The van der Waals surface area contributed by atoms with Gasteiger partial charge in [0.15, 0.2) is 0 Å². The number of carbonyl (C=O) groups is 1. The maximum atomic E-state index is 9.74. The second-order valence-electron chi connectivity index (χ2n) is 2.14. The molecule has 2 heteroatoms. The van der Waals surface area contributed by atoms with E-state index in [0.29, 0.717) is 0 Å². The van der Waals surface area contributed by atoms with E-state index in [-0.39, 0.29) is 0 Å². The first-order valence-electron chi connectivity index (χ1n) is 2.71. The first-order chi connectivity index (χ1) is 3.27. The average Bonchev–Trinajstić information content (AvgIpc) is 1.61. The molecular formula is C5H12OSn. The van der Waals surface area contributed by atoms with Crippen molar-refractivity contribution >= 4 is 26.0 Å². The Kier molecular flexibility index (Phi) is 4.93. The molecule has 0 aliphatic carbocycles. The average molecular weight is 207 g/mol. The molecule has 0 radical (unpaired) electrons. The predicted octanol–water partition coefficient (Wildman–Crippen LogP) is 1.06. The Balaban J connectivity index is 2.81. The van der Waals surface area contributed by atoms with E-state index in [9.17, 15) is 4.79 Å². The normalized spacial score (nSPS) is 9.57. The minimum absolute atomic E-state index is 0.813. The van der Waals surface area contributed by atoms with Crippen molar-refractivity contribution in [1.29, 1.82) is 0 Å². The topological polar surface area (TPSA) is 17.1 Å². The molecule has 42 valence electrons. The predicted molar refractivity (Wildman–Crippen MR) is 34.4 cm³/mol. The quantitative estimate of drug-likeness (QED) is 0.499. The van der Waals surface area contributed by atoms with Crippen molar-refractivity contribution < 1.29 is 4.79 Å². The van der Waals surface area contributed by atoms with Gasteiger partial charge in [-0.1, -0.05) is 0 Å². The molecule has 0 rings (SSSR count). The number of hydrogen-bond donors (Lipinski definition) is 0. The van der Waals surface area contributed by atoms with Crippen LogP contribution in [-0.4, -0.2) is 26.0 Å². The van der Waals surface area contributed by atoms with Crippen LogP contribution in [0.5, 0.6) is 0 Å². The van der Waals surface area contributed by atoms with E-state index in [1.807, 2.05) is 0 Å². The fourth-order valence-electron chi connectivity index (χ4n) is 0.401. The first kappa shape index (κ1) is 7.47. The Morgan fingerprint density at radius 3 is 2.29 bits per heavy atom. The van der Waals surface area contributed by atoms with Crippen molar-refractivity contribution in [2.24, 2.45) is 0 Å². The van der Waals surface area contributed by atoms with E-state index >= 15 is 0 Å². The third-order valence-corrected chi connectivity index (χ3v) is 5.11. The molecule has 0 N–H and O–H groups in total. The van der Waals surface area contributed by atoms with Gasteiger partial charge in [0, 0.05) is 0 Å². The molecule has 0 aliphatic heterocycles. The molecule has 0 aromatic rings. The molecule has 0 saturated carbocycles. The molecule has 0 heterocycles. The molecule has 1 nitrogen and oxygen atoms in total. The Morgan fingerprint density at radius 2 is 2.14 bits per heavy atom. The van der Waals surface area contributed by atoms with Gasteiger partial charge in [-0.25, -0.2) is 0 Å². The second kappa shape index (κ2) is 4.62. The summed E-state index contributed by atoms with van der Waals surface area (Å²) in [6.07, 6.45) is 1.84. The summed E-state index contributed by atoms with van der Waals surface area (Å²) in [7, 11) is 0. The first-order valence-corrected chi connectivity index (χ1v) is 11.6. The second-order valence-corrected chi connectivity index (χ2v) is 11.7. The van der Waals surface area contributed by atoms with Crippen molar-refractivity contribution in [3.63, 3.8) is 0 Å². The number of rotatable bonds is 3. The van der Waals surface area contributed by atoms with Crippen molar-refractivity contribution in [3.8, 4) is 0 Å². The zero-order valence-electron chi connectivity index (χ0n) is 4.98. The van der Waals surface area contributed by atoms with Crippen LogP contribution in [0.4, 0.5) is 0 Å². The molecule has 7 heavy (non-hydrogen) atoms. The summed E-state index contributed by atoms with van der Waals surface area (Å²) in [5.74, 6) is 0. The van der Waals surface area contributed by atoms with Gasteiger partial charge in [-0.15, -0.1) is 0 Å². The Hall–Kier alpha value is 0.469. The molecule has 0 unspecified atom stereocenters. The molecule has 0 atom stereocenters. The van der Waals surface area contributed by atoms with Gasteiger partial charge in [-0.3, -0.25) is 0 Å². The van der Waals surface area contributed by atoms with Crippen molar-refractivity contribution in [1.82, 2.24) is 0 Å². The van der Waals surface area contributed by atoms with E-state index in [1.54, 1.807) is 0 Å². The molecular weight excluding hydrogens is 195 g/mol. The molecule has 0 aliphatic rings. The van der Waals surface area contributed by atoms with Gasteiger partial charge in [0.25, 0.3) is 0 Å². The molecule has 0 aromatic heterocycles. The fourth-order valence-corrected chi connectivity index (χ4v) is 2.69. The number of aldehydes is 1. The summed E-state index contributed by atoms with van der Waals surface area (Å²) < 4.78 is 1.24. The Labute approximate surface area is 51.8 Å². The Bertz CT molecular complexity index is 52.0. The van der Waals surface area contributed by atoms with Crippen LogP contribution < -0.4 is 0 Å². The SMILES string of the molecule is [CH3][SnH]([CH3])[CH2]CC=O. The van der Waals surface area contributed by atoms with E-state index in [4.69, 9.17) is 0 Å². The number of carbonyl (C=O) groups excluding carboxylic acids is 1. The summed E-state index contributed by atoms with van der Waals surface area (Å²) in [5, 5.41) is 0. The van der Waals surface area contributed by atoms with E-state index in [2.05, 4.69) is 9.88 Å². The molecule has 0 spiro atoms. The van der Waals surface area contributed by atoms with Crippen LogP contribution in [0.1, 0.15) is 6.42 Å². The van der Waals surface area contributed by atoms with E-state index in [0.717, 1.165) is 12.7 Å². The van der Waals surface area contributed by atoms with Gasteiger partial charge in [0.05, 0.1) is 0 Å². The Morgan fingerprint density at radius 1 is 1.57 bits per heavy atom. The molecule has 0 fully saturated rings. The maximum absolute atomic E-state index is 9.74. The van der Waals surface area contributed by atoms with Crippen LogP contribution in [0.3, 0.4) is 0 Å². The summed E-state index contributed by atoms with van der Waals surface area (Å²) in [4.78, 5) is 14.4. The molecule has 0 bridgehead atoms. The van der Waals surface area contributed by atoms with Gasteiger partial charge < -0.3 is 0 Å². The molecule has 0 aromatic carbocycles. The van der Waals surface area contributed by atoms with Gasteiger partial charge >= 0.3 is 51.6 Å². The van der Waals surface area contributed by atoms with Crippen molar-refractivity contribution in [2.75, 3.05) is 0 Å². The molecule has 0 saturated heterocycles. The zero-order chi connectivity index (χ0) is 5.70. The third kappa shape index (κ3) is 6.47. The van der Waals surface area contributed by atoms with Crippen molar-refractivity contribution in [2.45, 2.75) is 20.7 Å². The summed E-state index contributed by atoms with van der Waals surface area (Å²) in [5.41, 5.74) is 0. The number of hydrogen-bond acceptors (Lipinski definition) is 1. The van der Waals surface area contributed by atoms with Gasteiger partial charge in [0.2, 0.25) is 0 Å². The summed E-state index contributed by atoms with van der Waals surface area (Å²) >= 11 is -0.978. The summed E-state index contributed by atoms with van der Waals surface area (Å²) in [6, 6.07) is 0. The van der Waals surface area contributed by atoms with E-state index < -0.39 is 19.8 Å².